The van der Waals surface area contributed by atoms with Gasteiger partial charge in [0.25, 0.3) is 5.91 Å². The molecule has 3 rings (SSSR count). The predicted octanol–water partition coefficient (Wildman–Crippen LogP) is 0.0298. The second-order valence-electron chi connectivity index (χ2n) is 4.12. The molecule has 3 N–H and O–H groups in total. The van der Waals surface area contributed by atoms with Crippen molar-refractivity contribution in [2.24, 2.45) is 0 Å². The lowest BCUT2D eigenvalue weighted by atomic mass is 10.0. The maximum atomic E-state index is 12.8. The van der Waals surface area contributed by atoms with E-state index in [-0.39, 0.29) is 6.42 Å². The molecule has 2 aliphatic rings. The number of hydrogen-bond acceptors (Lipinski definition) is 4. The largest absolute Gasteiger partial charge is 0.398 e. The number of imide groups is 1. The first-order valence-corrected chi connectivity index (χ1v) is 5.53. The van der Waals surface area contributed by atoms with E-state index in [4.69, 9.17) is 14.0 Å². The maximum absolute atomic E-state index is 12.8. The Kier molecular flexibility index (Phi) is 1.44. The molecule has 1 aromatic rings. The van der Waals surface area contributed by atoms with E-state index in [1.165, 1.54) is 0 Å². The van der Waals surface area contributed by atoms with Gasteiger partial charge in [-0.2, -0.15) is 0 Å². The molecule has 2 heterocycles. The first-order valence-electron chi connectivity index (χ1n) is 8.53. The van der Waals surface area contributed by atoms with E-state index in [0.29, 0.717) is 4.90 Å². The molecule has 1 aromatic carbocycles. The van der Waals surface area contributed by atoms with Gasteiger partial charge in [0.1, 0.15) is 6.02 Å². The average molecular weight is 265 g/mol. The number of anilines is 1. The fraction of sp³-hybridized carbons (Fsp3) is 0.308. The zero-order valence-corrected chi connectivity index (χ0v) is 9.66. The topological polar surface area (TPSA) is 92.5 Å². The van der Waals surface area contributed by atoms with Crippen molar-refractivity contribution in [3.63, 3.8) is 0 Å². The van der Waals surface area contributed by atoms with Gasteiger partial charge in [0, 0.05) is 29.7 Å². The fourth-order valence-electron chi connectivity index (χ4n) is 1.98. The lowest BCUT2D eigenvalue weighted by molar-refractivity contribution is -0.136. The molecule has 0 spiro atoms. The molecule has 0 unspecified atom stereocenters. The summed E-state index contributed by atoms with van der Waals surface area (Å²) >= 11 is 0. The number of carbonyl (C=O) groups is 3. The van der Waals surface area contributed by atoms with Crippen molar-refractivity contribution in [3.05, 3.63) is 29.3 Å². The normalized spacial score (nSPS) is 33.5. The summed E-state index contributed by atoms with van der Waals surface area (Å²) in [5, 5.41) is 1.91. The van der Waals surface area contributed by atoms with Crippen molar-refractivity contribution in [2.75, 3.05) is 5.73 Å². The fourth-order valence-corrected chi connectivity index (χ4v) is 1.98. The highest BCUT2D eigenvalue weighted by atomic mass is 16.2. The van der Waals surface area contributed by atoms with Crippen molar-refractivity contribution in [3.8, 4) is 0 Å². The van der Waals surface area contributed by atoms with E-state index in [1.807, 2.05) is 5.32 Å². The maximum Gasteiger partial charge on any atom is 0.255 e. The molecule has 2 aliphatic heterocycles. The smallest absolute Gasteiger partial charge is 0.255 e. The Hall–Kier alpha value is -2.37. The minimum absolute atomic E-state index is 0.262. The van der Waals surface area contributed by atoms with Crippen LogP contribution in [0.4, 0.5) is 5.69 Å². The van der Waals surface area contributed by atoms with Gasteiger partial charge in [-0.25, -0.2) is 0 Å². The minimum atomic E-state index is -2.75. The molecule has 98 valence electrons. The zero-order chi connectivity index (χ0) is 18.9. The average Bonchev–Trinajstić information content (AvgIpc) is 2.73. The highest BCUT2D eigenvalue weighted by Crippen LogP contribution is 2.30. The monoisotopic (exact) mass is 265 g/mol. The van der Waals surface area contributed by atoms with Crippen molar-refractivity contribution in [1.29, 1.82) is 0 Å². The first kappa shape index (κ1) is 6.70. The third-order valence-electron chi connectivity index (χ3n) is 2.92. The van der Waals surface area contributed by atoms with E-state index < -0.39 is 71.6 Å². The number of nitrogens with one attached hydrogen (secondary N) is 1. The van der Waals surface area contributed by atoms with Crippen LogP contribution in [0.1, 0.15) is 37.0 Å². The summed E-state index contributed by atoms with van der Waals surface area (Å²) in [6.45, 7) is -2.75. The molecule has 1 atom stereocenters. The van der Waals surface area contributed by atoms with Crippen LogP contribution in [-0.2, 0) is 16.1 Å². The number of fused-ring (bicyclic) bond motifs is 1. The molecule has 1 fully saturated rings. The summed E-state index contributed by atoms with van der Waals surface area (Å²) < 4.78 is 48.1. The van der Waals surface area contributed by atoms with Crippen molar-refractivity contribution < 1.29 is 22.6 Å². The molecule has 0 radical (unpaired) electrons. The quantitative estimate of drug-likeness (QED) is 0.553. The third kappa shape index (κ3) is 1.76. The number of amides is 3. The van der Waals surface area contributed by atoms with E-state index in [0.717, 1.165) is 0 Å². The lowest BCUT2D eigenvalue weighted by Gasteiger charge is -2.29. The van der Waals surface area contributed by atoms with Gasteiger partial charge in [0.2, 0.25) is 11.8 Å². The van der Waals surface area contributed by atoms with Crippen molar-refractivity contribution >= 4 is 23.4 Å². The third-order valence-corrected chi connectivity index (χ3v) is 2.92. The molecule has 0 aliphatic carbocycles. The predicted molar refractivity (Wildman–Crippen MR) is 66.9 cm³/mol. The second-order valence-corrected chi connectivity index (χ2v) is 4.12. The van der Waals surface area contributed by atoms with Crippen LogP contribution in [0, 0.1) is 0 Å². The summed E-state index contributed by atoms with van der Waals surface area (Å²) in [5.41, 5.74) is 4.17. The zero-order valence-electron chi connectivity index (χ0n) is 15.7. The van der Waals surface area contributed by atoms with E-state index >= 15 is 0 Å². The number of nitrogens with two attached hydrogens (primary N) is 1. The van der Waals surface area contributed by atoms with Gasteiger partial charge >= 0.3 is 0 Å². The van der Waals surface area contributed by atoms with Crippen LogP contribution < -0.4 is 11.1 Å². The number of rotatable bonds is 1. The van der Waals surface area contributed by atoms with Gasteiger partial charge in [-0.1, -0.05) is 6.04 Å². The van der Waals surface area contributed by atoms with Crippen LogP contribution >= 0.6 is 0 Å². The number of hydrogen-bond donors (Lipinski definition) is 2. The summed E-state index contributed by atoms with van der Waals surface area (Å²) in [6, 6.07) is -4.37. The molecule has 1 saturated heterocycles. The molecule has 6 heteroatoms. The molecule has 3 amide bonds. The SMILES string of the molecule is [2H]c1c([2H])c(N)c2c(c1[2H])C(=O)N([C@]1([2H])CCC(=O)NC1=O)C2([2H])[2H]. The van der Waals surface area contributed by atoms with E-state index in [9.17, 15) is 14.4 Å². The van der Waals surface area contributed by atoms with Crippen molar-refractivity contribution in [1.82, 2.24) is 10.2 Å². The molecule has 6 nitrogen and oxygen atoms in total. The van der Waals surface area contributed by atoms with Crippen LogP contribution in [0.2, 0.25) is 0 Å². The van der Waals surface area contributed by atoms with Gasteiger partial charge in [0.05, 0.1) is 8.22 Å². The molecule has 0 saturated carbocycles. The van der Waals surface area contributed by atoms with E-state index in [1.54, 1.807) is 0 Å². The number of piperidine rings is 1. The molecule has 19 heavy (non-hydrogen) atoms. The summed E-state index contributed by atoms with van der Waals surface area (Å²) in [6.07, 6.45) is -0.687. The highest BCUT2D eigenvalue weighted by Gasteiger charge is 2.39. The molecule has 0 aromatic heterocycles. The number of nitrogen functional groups attached to an aromatic ring is 1. The Bertz CT molecular complexity index is 858. The minimum Gasteiger partial charge on any atom is -0.398 e. The lowest BCUT2D eigenvalue weighted by Crippen LogP contribution is -2.52. The summed E-state index contributed by atoms with van der Waals surface area (Å²) in [4.78, 5) is 36.6. The summed E-state index contributed by atoms with van der Waals surface area (Å²) in [7, 11) is 0. The standard InChI is InChI=1S/C13H13N3O3/c14-9-3-1-2-7-8(9)6-16(13(7)19)10-4-5-11(17)15-12(10)18/h1-3,10H,4-6,14H2,(H,15,17,18)/t10-/m1/s1/i1D,2D,3D,6D2,10D. The number of benzene rings is 1. The van der Waals surface area contributed by atoms with Crippen LogP contribution in [0.15, 0.2) is 18.1 Å². The van der Waals surface area contributed by atoms with Gasteiger partial charge in [-0.05, 0) is 18.5 Å². The van der Waals surface area contributed by atoms with Crippen LogP contribution in [0.5, 0.6) is 0 Å². The van der Waals surface area contributed by atoms with Gasteiger partial charge in [0.15, 0.2) is 0 Å². The van der Waals surface area contributed by atoms with Gasteiger partial charge < -0.3 is 10.6 Å². The Morgan fingerprint density at radius 2 is 2.26 bits per heavy atom. The van der Waals surface area contributed by atoms with Crippen LogP contribution in [-0.4, -0.2) is 28.6 Å². The number of carbonyl (C=O) groups excluding carboxylic acids is 3. The van der Waals surface area contributed by atoms with Gasteiger partial charge in [-0.3, -0.25) is 19.7 Å². The first-order chi connectivity index (χ1) is 11.4. The van der Waals surface area contributed by atoms with Gasteiger partial charge in [-0.15, -0.1) is 0 Å². The second kappa shape index (κ2) is 4.08. The van der Waals surface area contributed by atoms with Crippen molar-refractivity contribution in [2.45, 2.75) is 25.4 Å². The summed E-state index contributed by atoms with van der Waals surface area (Å²) in [5.74, 6) is -2.94. The van der Waals surface area contributed by atoms with E-state index in [2.05, 4.69) is 0 Å². The van der Waals surface area contributed by atoms with Crippen LogP contribution in [0.3, 0.4) is 0 Å². The molecular formula is C13H13N3O3. The Balaban J connectivity index is 2.25. The Labute approximate surface area is 118 Å². The van der Waals surface area contributed by atoms with Crippen LogP contribution in [0.25, 0.3) is 0 Å². The number of nitrogens with zero attached hydrogens (tertiary/aromatic N) is 1. The Morgan fingerprint density at radius 3 is 3.00 bits per heavy atom. The molecular weight excluding hydrogens is 246 g/mol. The highest BCUT2D eigenvalue weighted by molar-refractivity contribution is 6.06. The molecule has 0 bridgehead atoms. The Morgan fingerprint density at radius 1 is 1.47 bits per heavy atom.